The summed E-state index contributed by atoms with van der Waals surface area (Å²) in [5, 5.41) is 0. The zero-order valence-corrected chi connectivity index (χ0v) is 13.8. The minimum atomic E-state index is -0.354. The number of benzene rings is 1. The summed E-state index contributed by atoms with van der Waals surface area (Å²) in [6.45, 7) is 7.15. The van der Waals surface area contributed by atoms with E-state index in [9.17, 15) is 4.79 Å². The van der Waals surface area contributed by atoms with Crippen LogP contribution < -0.4 is 0 Å². The molecule has 0 aromatic heterocycles. The standard InChI is InChI=1S/C18H28N2O/c1-18(2,17(21)15-9-6-5-7-10-15)14-19(3)13-16-11-8-12-20(16)4/h5-7,9-10,16H,8,11-14H2,1-4H3. The number of likely N-dealkylation sites (tertiary alicyclic amines) is 1. The average molecular weight is 288 g/mol. The van der Waals surface area contributed by atoms with Crippen LogP contribution in [-0.4, -0.2) is 55.4 Å². The number of Topliss-reactive ketones (excluding diaryl/α,β-unsaturated/α-hetero) is 1. The molecule has 1 unspecified atom stereocenters. The molecule has 0 radical (unpaired) electrons. The van der Waals surface area contributed by atoms with E-state index >= 15 is 0 Å². The van der Waals surface area contributed by atoms with Crippen molar-refractivity contribution >= 4 is 5.78 Å². The summed E-state index contributed by atoms with van der Waals surface area (Å²) < 4.78 is 0. The summed E-state index contributed by atoms with van der Waals surface area (Å²) >= 11 is 0. The number of carbonyl (C=O) groups is 1. The predicted molar refractivity (Wildman–Crippen MR) is 87.7 cm³/mol. The molecule has 1 fully saturated rings. The van der Waals surface area contributed by atoms with Gasteiger partial charge in [0.25, 0.3) is 0 Å². The summed E-state index contributed by atoms with van der Waals surface area (Å²) in [5.74, 6) is 0.231. The maximum absolute atomic E-state index is 12.7. The average Bonchev–Trinajstić information content (AvgIpc) is 2.83. The predicted octanol–water partition coefficient (Wildman–Crippen LogP) is 2.92. The molecule has 0 N–H and O–H groups in total. The van der Waals surface area contributed by atoms with Crippen molar-refractivity contribution in [2.45, 2.75) is 32.7 Å². The second kappa shape index (κ2) is 6.71. The lowest BCUT2D eigenvalue weighted by atomic mass is 9.83. The van der Waals surface area contributed by atoms with Gasteiger partial charge in [-0.15, -0.1) is 0 Å². The Morgan fingerprint density at radius 2 is 2.00 bits per heavy atom. The monoisotopic (exact) mass is 288 g/mol. The molecule has 0 bridgehead atoms. The van der Waals surface area contributed by atoms with Crippen LogP contribution in [0.3, 0.4) is 0 Å². The molecule has 1 aliphatic rings. The van der Waals surface area contributed by atoms with Crippen LogP contribution in [0.1, 0.15) is 37.0 Å². The molecule has 3 nitrogen and oxygen atoms in total. The minimum absolute atomic E-state index is 0.231. The molecule has 1 saturated heterocycles. The first-order chi connectivity index (χ1) is 9.90. The topological polar surface area (TPSA) is 23.6 Å². The van der Waals surface area contributed by atoms with E-state index in [2.05, 4.69) is 37.7 Å². The normalized spacial score (nSPS) is 20.1. The lowest BCUT2D eigenvalue weighted by Gasteiger charge is -2.32. The van der Waals surface area contributed by atoms with Crippen LogP contribution in [-0.2, 0) is 0 Å². The van der Waals surface area contributed by atoms with Crippen molar-refractivity contribution in [2.24, 2.45) is 5.41 Å². The van der Waals surface area contributed by atoms with E-state index in [0.29, 0.717) is 6.04 Å². The Morgan fingerprint density at radius 1 is 1.33 bits per heavy atom. The Bertz CT molecular complexity index is 469. The number of carbonyl (C=O) groups excluding carboxylic acids is 1. The number of ketones is 1. The Kier molecular flexibility index (Phi) is 5.17. The Labute approximate surface area is 128 Å². The highest BCUT2D eigenvalue weighted by Crippen LogP contribution is 2.24. The van der Waals surface area contributed by atoms with Gasteiger partial charge in [0.15, 0.2) is 5.78 Å². The van der Waals surface area contributed by atoms with E-state index in [1.54, 1.807) is 0 Å². The van der Waals surface area contributed by atoms with E-state index < -0.39 is 0 Å². The maximum Gasteiger partial charge on any atom is 0.169 e. The van der Waals surface area contributed by atoms with Gasteiger partial charge in [0.1, 0.15) is 0 Å². The quantitative estimate of drug-likeness (QED) is 0.752. The molecule has 116 valence electrons. The number of hydrogen-bond acceptors (Lipinski definition) is 3. The van der Waals surface area contributed by atoms with Crippen molar-refractivity contribution in [2.75, 3.05) is 33.7 Å². The molecular weight excluding hydrogens is 260 g/mol. The van der Waals surface area contributed by atoms with Crippen LogP contribution in [0.25, 0.3) is 0 Å². The SMILES string of the molecule is CN(CC1CCCN1C)CC(C)(C)C(=O)c1ccccc1. The third kappa shape index (κ3) is 4.14. The van der Waals surface area contributed by atoms with E-state index in [1.165, 1.54) is 19.4 Å². The first-order valence-electron chi connectivity index (χ1n) is 7.89. The molecular formula is C18H28N2O. The lowest BCUT2D eigenvalue weighted by molar-refractivity contribution is 0.0766. The molecule has 1 aliphatic heterocycles. The lowest BCUT2D eigenvalue weighted by Crippen LogP contribution is -2.43. The molecule has 1 aromatic carbocycles. The van der Waals surface area contributed by atoms with Gasteiger partial charge in [0.2, 0.25) is 0 Å². The van der Waals surface area contributed by atoms with Crippen LogP contribution >= 0.6 is 0 Å². The highest BCUT2D eigenvalue weighted by molar-refractivity contribution is 6.00. The zero-order valence-electron chi connectivity index (χ0n) is 13.8. The molecule has 1 aromatic rings. The van der Waals surface area contributed by atoms with Crippen LogP contribution in [0.2, 0.25) is 0 Å². The number of likely N-dealkylation sites (N-methyl/N-ethyl adjacent to an activating group) is 2. The summed E-state index contributed by atoms with van der Waals surface area (Å²) in [4.78, 5) is 17.4. The van der Waals surface area contributed by atoms with Gasteiger partial charge in [0.05, 0.1) is 0 Å². The number of nitrogens with zero attached hydrogens (tertiary/aromatic N) is 2. The van der Waals surface area contributed by atoms with Crippen molar-refractivity contribution in [1.29, 1.82) is 0 Å². The smallest absolute Gasteiger partial charge is 0.169 e. The fourth-order valence-corrected chi connectivity index (χ4v) is 3.36. The third-order valence-electron chi connectivity index (χ3n) is 4.51. The van der Waals surface area contributed by atoms with Crippen LogP contribution in [0.5, 0.6) is 0 Å². The Morgan fingerprint density at radius 3 is 2.57 bits per heavy atom. The highest BCUT2D eigenvalue weighted by atomic mass is 16.1. The van der Waals surface area contributed by atoms with Gasteiger partial charge in [0, 0.05) is 30.1 Å². The molecule has 0 spiro atoms. The highest BCUT2D eigenvalue weighted by Gasteiger charge is 2.31. The second-order valence-electron chi connectivity index (χ2n) is 7.05. The van der Waals surface area contributed by atoms with Gasteiger partial charge in [-0.2, -0.15) is 0 Å². The summed E-state index contributed by atoms with van der Waals surface area (Å²) in [6, 6.07) is 10.3. The van der Waals surface area contributed by atoms with Crippen LogP contribution in [0.4, 0.5) is 0 Å². The molecule has 0 saturated carbocycles. The number of rotatable bonds is 6. The zero-order chi connectivity index (χ0) is 15.5. The molecule has 0 aliphatic carbocycles. The van der Waals surface area contributed by atoms with Gasteiger partial charge < -0.3 is 9.80 Å². The molecule has 2 rings (SSSR count). The van der Waals surface area contributed by atoms with Gasteiger partial charge in [-0.1, -0.05) is 44.2 Å². The van der Waals surface area contributed by atoms with E-state index in [-0.39, 0.29) is 11.2 Å². The fourth-order valence-electron chi connectivity index (χ4n) is 3.36. The molecule has 0 amide bonds. The molecule has 21 heavy (non-hydrogen) atoms. The van der Waals surface area contributed by atoms with Gasteiger partial charge in [-0.25, -0.2) is 0 Å². The molecule has 1 atom stereocenters. The van der Waals surface area contributed by atoms with Crippen molar-refractivity contribution in [3.05, 3.63) is 35.9 Å². The van der Waals surface area contributed by atoms with E-state index in [0.717, 1.165) is 18.7 Å². The fraction of sp³-hybridized carbons (Fsp3) is 0.611. The Balaban J connectivity index is 1.95. The first kappa shape index (κ1) is 16.2. The van der Waals surface area contributed by atoms with Crippen molar-refractivity contribution < 1.29 is 4.79 Å². The maximum atomic E-state index is 12.7. The number of hydrogen-bond donors (Lipinski definition) is 0. The largest absolute Gasteiger partial charge is 0.304 e. The Hall–Kier alpha value is -1.19. The van der Waals surface area contributed by atoms with Gasteiger partial charge in [-0.3, -0.25) is 4.79 Å². The van der Waals surface area contributed by atoms with E-state index in [4.69, 9.17) is 0 Å². The van der Waals surface area contributed by atoms with Crippen molar-refractivity contribution in [3.8, 4) is 0 Å². The first-order valence-corrected chi connectivity index (χ1v) is 7.89. The van der Waals surface area contributed by atoms with Gasteiger partial charge in [-0.05, 0) is 33.5 Å². The molecule has 3 heteroatoms. The molecule has 1 heterocycles. The summed E-state index contributed by atoms with van der Waals surface area (Å²) in [7, 11) is 4.33. The van der Waals surface area contributed by atoms with Crippen LogP contribution in [0, 0.1) is 5.41 Å². The van der Waals surface area contributed by atoms with E-state index in [1.807, 2.05) is 30.3 Å². The third-order valence-corrected chi connectivity index (χ3v) is 4.51. The van der Waals surface area contributed by atoms with Crippen molar-refractivity contribution in [1.82, 2.24) is 9.80 Å². The summed E-state index contributed by atoms with van der Waals surface area (Å²) in [6.07, 6.45) is 2.56. The minimum Gasteiger partial charge on any atom is -0.304 e. The second-order valence-corrected chi connectivity index (χ2v) is 7.05. The van der Waals surface area contributed by atoms with Gasteiger partial charge >= 0.3 is 0 Å². The summed E-state index contributed by atoms with van der Waals surface area (Å²) in [5.41, 5.74) is 0.460. The van der Waals surface area contributed by atoms with Crippen molar-refractivity contribution in [3.63, 3.8) is 0 Å². The van der Waals surface area contributed by atoms with Crippen LogP contribution in [0.15, 0.2) is 30.3 Å².